The van der Waals surface area contributed by atoms with Crippen LogP contribution in [0.1, 0.15) is 33.9 Å². The van der Waals surface area contributed by atoms with Gasteiger partial charge in [0.05, 0.1) is 7.11 Å². The van der Waals surface area contributed by atoms with Crippen molar-refractivity contribution in [3.63, 3.8) is 0 Å². The molecule has 1 aliphatic rings. The molecule has 0 bridgehead atoms. The number of rotatable bonds is 7. The normalized spacial score (nSPS) is 23.4. The van der Waals surface area contributed by atoms with Gasteiger partial charge in [-0.25, -0.2) is 9.59 Å². The Bertz CT molecular complexity index is 1040. The van der Waals surface area contributed by atoms with Crippen LogP contribution >= 0.6 is 0 Å². The first kappa shape index (κ1) is 27.2. The van der Waals surface area contributed by atoms with E-state index in [0.717, 1.165) is 32.4 Å². The second-order valence-electron chi connectivity index (χ2n) is 7.36. The maximum absolute atomic E-state index is 12.8. The molecule has 2 heterocycles. The van der Waals surface area contributed by atoms with Crippen LogP contribution in [0.3, 0.4) is 0 Å². The highest BCUT2D eigenvalue weighted by Crippen LogP contribution is 2.32. The Kier molecular flexibility index (Phi) is 9.27. The van der Waals surface area contributed by atoms with Gasteiger partial charge in [0.15, 0.2) is 18.4 Å². The number of ether oxygens (including phenoxy) is 5. The zero-order valence-electron chi connectivity index (χ0n) is 19.6. The second-order valence-corrected chi connectivity index (χ2v) is 7.36. The molecule has 0 spiro atoms. The van der Waals surface area contributed by atoms with Crippen LogP contribution in [-0.4, -0.2) is 77.5 Å². The molecule has 0 aromatic carbocycles. The number of alkyl carbamates (subject to hydrolysis) is 1. The summed E-state index contributed by atoms with van der Waals surface area (Å²) in [6, 6.07) is -0.0445. The molecule has 1 aliphatic heterocycles. The van der Waals surface area contributed by atoms with Crippen LogP contribution in [0.25, 0.3) is 0 Å². The first-order chi connectivity index (χ1) is 16.4. The van der Waals surface area contributed by atoms with Crippen LogP contribution in [0.4, 0.5) is 10.6 Å². The van der Waals surface area contributed by atoms with E-state index in [1.54, 1.807) is 0 Å². The van der Waals surface area contributed by atoms with E-state index in [0.29, 0.717) is 0 Å². The smallest absolute Gasteiger partial charge is 0.407 e. The summed E-state index contributed by atoms with van der Waals surface area (Å²) in [6.45, 7) is 4.10. The van der Waals surface area contributed by atoms with Crippen LogP contribution in [0, 0.1) is 0 Å². The van der Waals surface area contributed by atoms with Gasteiger partial charge in [0, 0.05) is 33.9 Å². The molecule has 15 heteroatoms. The Balaban J connectivity index is 2.61. The van der Waals surface area contributed by atoms with Crippen molar-refractivity contribution in [1.29, 1.82) is 0 Å². The van der Waals surface area contributed by atoms with Gasteiger partial charge in [-0.15, -0.1) is 0 Å². The van der Waals surface area contributed by atoms with Gasteiger partial charge in [-0.3, -0.25) is 23.7 Å². The fourth-order valence-electron chi connectivity index (χ4n) is 3.36. The lowest BCUT2D eigenvalue weighted by Crippen LogP contribution is -2.65. The largest absolute Gasteiger partial charge is 0.463 e. The summed E-state index contributed by atoms with van der Waals surface area (Å²) in [5, 5.41) is 4.77. The number of methoxy groups -OCH3 is 1. The minimum absolute atomic E-state index is 0.0437. The Morgan fingerprint density at radius 3 is 2.17 bits per heavy atom. The third-order valence-corrected chi connectivity index (χ3v) is 4.60. The van der Waals surface area contributed by atoms with Crippen LogP contribution in [0.5, 0.6) is 0 Å². The molecule has 0 aliphatic carbocycles. The molecular formula is C20H26N4O11. The molecule has 0 unspecified atom stereocenters. The third-order valence-electron chi connectivity index (χ3n) is 4.60. The van der Waals surface area contributed by atoms with Crippen molar-refractivity contribution >= 4 is 35.7 Å². The van der Waals surface area contributed by atoms with Gasteiger partial charge in [-0.05, 0) is 6.07 Å². The molecule has 0 radical (unpaired) electrons. The lowest BCUT2D eigenvalue weighted by Gasteiger charge is -2.45. The molecule has 15 nitrogen and oxygen atoms in total. The van der Waals surface area contributed by atoms with E-state index >= 15 is 0 Å². The third kappa shape index (κ3) is 7.49. The summed E-state index contributed by atoms with van der Waals surface area (Å²) in [5.41, 5.74) is -0.906. The standard InChI is InChI=1S/C20H26N4O11/c1-9(25)21-14-6-7-24(19(29)22-14)18-15(23-20(30)31-5)17(34-12(4)28)16(33-11(3)27)13(35-18)8-32-10(2)26/h6-7,13,15-18H,8H2,1-5H3,(H,23,30)(H,21,22,25,29)/t13-,15+,16+,17-,18-/m0/s1. The summed E-state index contributed by atoms with van der Waals surface area (Å²) >= 11 is 0. The van der Waals surface area contributed by atoms with E-state index in [4.69, 9.17) is 18.9 Å². The number of anilines is 1. The van der Waals surface area contributed by atoms with Crippen LogP contribution in [-0.2, 0) is 42.9 Å². The molecule has 2 rings (SSSR count). The van der Waals surface area contributed by atoms with E-state index in [-0.39, 0.29) is 5.82 Å². The highest BCUT2D eigenvalue weighted by Gasteiger charge is 2.52. The van der Waals surface area contributed by atoms with E-state index in [2.05, 4.69) is 20.4 Å². The molecule has 192 valence electrons. The first-order valence-electron chi connectivity index (χ1n) is 10.3. The van der Waals surface area contributed by atoms with Crippen molar-refractivity contribution in [3.05, 3.63) is 22.7 Å². The van der Waals surface area contributed by atoms with Crippen LogP contribution in [0.15, 0.2) is 17.1 Å². The molecule has 1 aromatic heterocycles. The number of nitrogens with one attached hydrogen (secondary N) is 2. The number of hydrogen-bond donors (Lipinski definition) is 2. The number of amides is 2. The summed E-state index contributed by atoms with van der Waals surface area (Å²) < 4.78 is 27.2. The monoisotopic (exact) mass is 498 g/mol. The van der Waals surface area contributed by atoms with E-state index in [1.165, 1.54) is 19.2 Å². The molecule has 1 aromatic rings. The summed E-state index contributed by atoms with van der Waals surface area (Å²) in [5.74, 6) is -2.77. The zero-order chi connectivity index (χ0) is 26.3. The average Bonchev–Trinajstić information content (AvgIpc) is 2.74. The summed E-state index contributed by atoms with van der Waals surface area (Å²) in [4.78, 5) is 75.1. The maximum atomic E-state index is 12.8. The lowest BCUT2D eigenvalue weighted by atomic mass is 9.95. The number of carbonyl (C=O) groups is 5. The van der Waals surface area contributed by atoms with Crippen LogP contribution < -0.4 is 16.3 Å². The SMILES string of the molecule is COC(=O)N[C@@H]1[C@H](OC(C)=O)[C@H](OC(C)=O)[C@H](COC(C)=O)O[C@@H]1n1ccc(NC(C)=O)nc1=O. The van der Waals surface area contributed by atoms with Crippen molar-refractivity contribution in [3.8, 4) is 0 Å². The Morgan fingerprint density at radius 1 is 1.03 bits per heavy atom. The molecule has 2 amide bonds. The van der Waals surface area contributed by atoms with Crippen molar-refractivity contribution in [2.24, 2.45) is 0 Å². The molecule has 1 saturated heterocycles. The predicted molar refractivity (Wildman–Crippen MR) is 114 cm³/mol. The summed E-state index contributed by atoms with van der Waals surface area (Å²) in [7, 11) is 1.08. The number of hydrogen-bond acceptors (Lipinski definition) is 12. The van der Waals surface area contributed by atoms with Crippen LogP contribution in [0.2, 0.25) is 0 Å². The van der Waals surface area contributed by atoms with Crippen molar-refractivity contribution in [2.45, 2.75) is 58.3 Å². The average molecular weight is 498 g/mol. The van der Waals surface area contributed by atoms with Gasteiger partial charge >= 0.3 is 29.7 Å². The molecular weight excluding hydrogens is 472 g/mol. The Hall–Kier alpha value is -4.01. The van der Waals surface area contributed by atoms with E-state index in [9.17, 15) is 28.8 Å². The maximum Gasteiger partial charge on any atom is 0.407 e. The Morgan fingerprint density at radius 2 is 1.66 bits per heavy atom. The van der Waals surface area contributed by atoms with E-state index < -0.39 is 72.8 Å². The fourth-order valence-corrected chi connectivity index (χ4v) is 3.36. The highest BCUT2D eigenvalue weighted by atomic mass is 16.6. The Labute approximate surface area is 199 Å². The molecule has 0 saturated carbocycles. The molecule has 2 N–H and O–H groups in total. The van der Waals surface area contributed by atoms with Gasteiger partial charge in [0.1, 0.15) is 24.6 Å². The van der Waals surface area contributed by atoms with Crippen molar-refractivity contribution in [1.82, 2.24) is 14.9 Å². The minimum Gasteiger partial charge on any atom is -0.463 e. The minimum atomic E-state index is -1.41. The van der Waals surface area contributed by atoms with Gasteiger partial charge in [0.25, 0.3) is 0 Å². The van der Waals surface area contributed by atoms with E-state index in [1.807, 2.05) is 0 Å². The fraction of sp³-hybridized carbons (Fsp3) is 0.550. The van der Waals surface area contributed by atoms with Crippen molar-refractivity contribution in [2.75, 3.05) is 19.0 Å². The number of aromatic nitrogens is 2. The highest BCUT2D eigenvalue weighted by molar-refractivity contribution is 5.87. The topological polar surface area (TPSA) is 190 Å². The lowest BCUT2D eigenvalue weighted by molar-refractivity contribution is -0.237. The quantitative estimate of drug-likeness (QED) is 0.354. The van der Waals surface area contributed by atoms with Gasteiger partial charge in [0.2, 0.25) is 5.91 Å². The summed E-state index contributed by atoms with van der Waals surface area (Å²) in [6.07, 6.45) is -5.14. The van der Waals surface area contributed by atoms with Gasteiger partial charge < -0.3 is 34.3 Å². The van der Waals surface area contributed by atoms with Gasteiger partial charge in [-0.2, -0.15) is 4.98 Å². The molecule has 1 fully saturated rings. The number of nitrogens with zero attached hydrogens (tertiary/aromatic N) is 2. The molecule has 35 heavy (non-hydrogen) atoms. The van der Waals surface area contributed by atoms with Gasteiger partial charge in [-0.1, -0.05) is 0 Å². The predicted octanol–water partition coefficient (Wildman–Crippen LogP) is -0.750. The second kappa shape index (κ2) is 11.9. The first-order valence-corrected chi connectivity index (χ1v) is 10.3. The number of carbonyl (C=O) groups excluding carboxylic acids is 5. The molecule has 5 atom stereocenters. The number of esters is 3. The zero-order valence-corrected chi connectivity index (χ0v) is 19.6. The van der Waals surface area contributed by atoms with Crippen molar-refractivity contribution < 1.29 is 47.7 Å².